The molecular weight excluding hydrogens is 216 g/mol. The first kappa shape index (κ1) is 12.6. The third-order valence-electron chi connectivity index (χ3n) is 4.36. The molecule has 0 spiro atoms. The quantitative estimate of drug-likeness (QED) is 0.594. The smallest absolute Gasteiger partial charge is 0.315 e. The second kappa shape index (κ2) is 4.81. The van der Waals surface area contributed by atoms with Crippen molar-refractivity contribution in [2.75, 3.05) is 6.61 Å². The van der Waals surface area contributed by atoms with E-state index in [0.717, 1.165) is 38.5 Å². The Bertz CT molecular complexity index is 323. The first-order chi connectivity index (χ1) is 8.15. The van der Waals surface area contributed by atoms with Gasteiger partial charge in [-0.2, -0.15) is 0 Å². The van der Waals surface area contributed by atoms with E-state index < -0.39 is 11.0 Å². The van der Waals surface area contributed by atoms with Crippen LogP contribution >= 0.6 is 0 Å². The zero-order chi connectivity index (χ0) is 12.4. The zero-order valence-corrected chi connectivity index (χ0v) is 10.6. The van der Waals surface area contributed by atoms with Gasteiger partial charge in [0.2, 0.25) is 0 Å². The minimum absolute atomic E-state index is 0.189. The molecule has 1 saturated carbocycles. The van der Waals surface area contributed by atoms with E-state index >= 15 is 0 Å². The van der Waals surface area contributed by atoms with Crippen molar-refractivity contribution in [2.24, 2.45) is 5.41 Å². The van der Waals surface area contributed by atoms with Crippen LogP contribution in [-0.2, 0) is 9.53 Å². The summed E-state index contributed by atoms with van der Waals surface area (Å²) in [6.07, 6.45) is 9.78. The van der Waals surface area contributed by atoms with Crippen LogP contribution in [0.25, 0.3) is 0 Å². The molecule has 3 heteroatoms. The van der Waals surface area contributed by atoms with Gasteiger partial charge in [0.1, 0.15) is 0 Å². The topological polar surface area (TPSA) is 46.5 Å². The zero-order valence-electron chi connectivity index (χ0n) is 10.6. The van der Waals surface area contributed by atoms with E-state index in [-0.39, 0.29) is 5.97 Å². The molecule has 0 saturated heterocycles. The van der Waals surface area contributed by atoms with Crippen molar-refractivity contribution in [2.45, 2.75) is 57.5 Å². The standard InChI is InChI=1S/C14H22O3/c1-2-17-12(15)13-8-4-3-5-10-14(13,16)11-7-6-9-13/h3,5,16H,2,4,6-11H2,1H3/t13-,14-/m1/s1. The third kappa shape index (κ3) is 2.01. The highest BCUT2D eigenvalue weighted by Crippen LogP contribution is 2.51. The Balaban J connectivity index is 2.32. The predicted molar refractivity (Wildman–Crippen MR) is 65.5 cm³/mol. The maximum absolute atomic E-state index is 12.3. The van der Waals surface area contributed by atoms with Crippen LogP contribution in [0.3, 0.4) is 0 Å². The maximum Gasteiger partial charge on any atom is 0.315 e. The van der Waals surface area contributed by atoms with Crippen LogP contribution in [0.15, 0.2) is 12.2 Å². The van der Waals surface area contributed by atoms with E-state index in [1.807, 2.05) is 13.0 Å². The summed E-state index contributed by atoms with van der Waals surface area (Å²) < 4.78 is 5.24. The Labute approximate surface area is 103 Å². The molecule has 0 aliphatic heterocycles. The van der Waals surface area contributed by atoms with Gasteiger partial charge < -0.3 is 9.84 Å². The van der Waals surface area contributed by atoms with Crippen LogP contribution in [0.5, 0.6) is 0 Å². The monoisotopic (exact) mass is 238 g/mol. The second-order valence-electron chi connectivity index (χ2n) is 5.26. The summed E-state index contributed by atoms with van der Waals surface area (Å²) in [6, 6.07) is 0. The number of carbonyl (C=O) groups excluding carboxylic acids is 1. The van der Waals surface area contributed by atoms with Gasteiger partial charge in [-0.1, -0.05) is 25.0 Å². The van der Waals surface area contributed by atoms with E-state index in [9.17, 15) is 9.90 Å². The summed E-state index contributed by atoms with van der Waals surface area (Å²) in [5.74, 6) is -0.189. The van der Waals surface area contributed by atoms with Gasteiger partial charge in [0.05, 0.1) is 17.6 Å². The summed E-state index contributed by atoms with van der Waals surface area (Å²) in [5, 5.41) is 10.9. The summed E-state index contributed by atoms with van der Waals surface area (Å²) in [7, 11) is 0. The Hall–Kier alpha value is -0.830. The molecule has 0 aromatic carbocycles. The first-order valence-corrected chi connectivity index (χ1v) is 6.69. The van der Waals surface area contributed by atoms with Gasteiger partial charge in [0, 0.05) is 0 Å². The molecular formula is C14H22O3. The molecule has 2 aliphatic rings. The van der Waals surface area contributed by atoms with E-state index in [4.69, 9.17) is 4.74 Å². The van der Waals surface area contributed by atoms with Crippen LogP contribution < -0.4 is 0 Å². The van der Waals surface area contributed by atoms with Crippen molar-refractivity contribution in [1.82, 2.24) is 0 Å². The molecule has 0 aromatic rings. The summed E-state index contributed by atoms with van der Waals surface area (Å²) in [5.41, 5.74) is -1.55. The van der Waals surface area contributed by atoms with Crippen molar-refractivity contribution >= 4 is 5.97 Å². The average molecular weight is 238 g/mol. The van der Waals surface area contributed by atoms with Gasteiger partial charge in [0.25, 0.3) is 0 Å². The lowest BCUT2D eigenvalue weighted by Crippen LogP contribution is -2.55. The fraction of sp³-hybridized carbons (Fsp3) is 0.786. The lowest BCUT2D eigenvalue weighted by atomic mass is 9.60. The number of hydrogen-bond acceptors (Lipinski definition) is 3. The molecule has 1 fully saturated rings. The van der Waals surface area contributed by atoms with Crippen LogP contribution in [-0.4, -0.2) is 23.3 Å². The summed E-state index contributed by atoms with van der Waals surface area (Å²) >= 11 is 0. The van der Waals surface area contributed by atoms with Gasteiger partial charge in [0.15, 0.2) is 0 Å². The van der Waals surface area contributed by atoms with Crippen molar-refractivity contribution < 1.29 is 14.6 Å². The number of fused-ring (bicyclic) bond motifs is 1. The lowest BCUT2D eigenvalue weighted by Gasteiger charge is -2.47. The molecule has 2 aliphatic carbocycles. The highest BCUT2D eigenvalue weighted by molar-refractivity contribution is 5.79. The maximum atomic E-state index is 12.3. The largest absolute Gasteiger partial charge is 0.465 e. The SMILES string of the molecule is CCOC(=O)[C@]12CCC=CC[C@@]1(O)CCCC2. The van der Waals surface area contributed by atoms with E-state index in [2.05, 4.69) is 6.08 Å². The molecule has 2 atom stereocenters. The van der Waals surface area contributed by atoms with Crippen LogP contribution in [0.2, 0.25) is 0 Å². The number of hydrogen-bond donors (Lipinski definition) is 1. The molecule has 1 N–H and O–H groups in total. The van der Waals surface area contributed by atoms with Crippen LogP contribution in [0.1, 0.15) is 51.9 Å². The number of esters is 1. The Morgan fingerprint density at radius 1 is 1.29 bits per heavy atom. The number of ether oxygens (including phenoxy) is 1. The van der Waals surface area contributed by atoms with Gasteiger partial charge in [-0.25, -0.2) is 0 Å². The molecule has 0 bridgehead atoms. The first-order valence-electron chi connectivity index (χ1n) is 6.69. The van der Waals surface area contributed by atoms with Crippen molar-refractivity contribution in [3.05, 3.63) is 12.2 Å². The van der Waals surface area contributed by atoms with Gasteiger partial charge in [-0.15, -0.1) is 0 Å². The molecule has 3 nitrogen and oxygen atoms in total. The molecule has 0 heterocycles. The van der Waals surface area contributed by atoms with Gasteiger partial charge >= 0.3 is 5.97 Å². The van der Waals surface area contributed by atoms with E-state index in [0.29, 0.717) is 13.0 Å². The molecule has 0 unspecified atom stereocenters. The number of allylic oxidation sites excluding steroid dienone is 1. The Morgan fingerprint density at radius 3 is 2.82 bits per heavy atom. The number of carbonyl (C=O) groups is 1. The second-order valence-corrected chi connectivity index (χ2v) is 5.26. The number of aliphatic hydroxyl groups is 1. The highest BCUT2D eigenvalue weighted by Gasteiger charge is 2.56. The Morgan fingerprint density at radius 2 is 2.06 bits per heavy atom. The summed E-state index contributed by atoms with van der Waals surface area (Å²) in [4.78, 5) is 12.3. The Kier molecular flexibility index (Phi) is 3.57. The fourth-order valence-electron chi connectivity index (χ4n) is 3.36. The molecule has 17 heavy (non-hydrogen) atoms. The van der Waals surface area contributed by atoms with Crippen molar-refractivity contribution in [3.8, 4) is 0 Å². The summed E-state index contributed by atoms with van der Waals surface area (Å²) in [6.45, 7) is 2.22. The van der Waals surface area contributed by atoms with Gasteiger partial charge in [-0.05, 0) is 39.0 Å². The molecule has 0 radical (unpaired) electrons. The van der Waals surface area contributed by atoms with Crippen LogP contribution in [0.4, 0.5) is 0 Å². The fourth-order valence-corrected chi connectivity index (χ4v) is 3.36. The van der Waals surface area contributed by atoms with Crippen molar-refractivity contribution in [1.29, 1.82) is 0 Å². The highest BCUT2D eigenvalue weighted by atomic mass is 16.5. The minimum Gasteiger partial charge on any atom is -0.465 e. The van der Waals surface area contributed by atoms with Crippen LogP contribution in [0, 0.1) is 5.41 Å². The number of rotatable bonds is 2. The third-order valence-corrected chi connectivity index (χ3v) is 4.36. The van der Waals surface area contributed by atoms with E-state index in [1.165, 1.54) is 0 Å². The van der Waals surface area contributed by atoms with E-state index in [1.54, 1.807) is 0 Å². The molecule has 0 aromatic heterocycles. The van der Waals surface area contributed by atoms with Gasteiger partial charge in [-0.3, -0.25) is 4.79 Å². The minimum atomic E-state index is -0.884. The normalized spacial score (nSPS) is 37.1. The van der Waals surface area contributed by atoms with Crippen molar-refractivity contribution in [3.63, 3.8) is 0 Å². The molecule has 0 amide bonds. The average Bonchev–Trinajstić information content (AvgIpc) is 2.48. The molecule has 2 rings (SSSR count). The molecule has 96 valence electrons. The predicted octanol–water partition coefficient (Wildman–Crippen LogP) is 2.58. The lowest BCUT2D eigenvalue weighted by molar-refractivity contribution is -0.184.